The van der Waals surface area contributed by atoms with Crippen molar-refractivity contribution in [2.24, 2.45) is 0 Å². The third kappa shape index (κ3) is 2.41. The van der Waals surface area contributed by atoms with E-state index in [1.165, 1.54) is 5.56 Å². The Kier molecular flexibility index (Phi) is 3.69. The Morgan fingerprint density at radius 1 is 1.23 bits per heavy atom. The van der Waals surface area contributed by atoms with Gasteiger partial charge in [0.2, 0.25) is 0 Å². The fourth-order valence-corrected chi connectivity index (χ4v) is 1.41. The molecule has 1 atom stereocenters. The van der Waals surface area contributed by atoms with E-state index in [9.17, 15) is 4.79 Å². The van der Waals surface area contributed by atoms with Crippen molar-refractivity contribution in [3.8, 4) is 0 Å². The number of carbonyl (C=O) groups is 1. The van der Waals surface area contributed by atoms with Crippen LogP contribution in [0.3, 0.4) is 0 Å². The van der Waals surface area contributed by atoms with Gasteiger partial charge in [-0.25, -0.2) is 0 Å². The van der Waals surface area contributed by atoms with Crippen molar-refractivity contribution in [2.45, 2.75) is 32.6 Å². The van der Waals surface area contributed by atoms with Gasteiger partial charge in [0.15, 0.2) is 0 Å². The summed E-state index contributed by atoms with van der Waals surface area (Å²) in [6.45, 7) is 4.17. The first-order valence-corrected chi connectivity index (χ1v) is 4.86. The van der Waals surface area contributed by atoms with E-state index < -0.39 is 0 Å². The highest BCUT2D eigenvalue weighted by Crippen LogP contribution is 2.17. The van der Waals surface area contributed by atoms with E-state index in [1.807, 2.05) is 6.92 Å². The number of aldehydes is 1. The molecule has 0 saturated carbocycles. The molecule has 0 aliphatic rings. The summed E-state index contributed by atoms with van der Waals surface area (Å²) in [5.41, 5.74) is 2.46. The van der Waals surface area contributed by atoms with Gasteiger partial charge in [-0.2, -0.15) is 0 Å². The van der Waals surface area contributed by atoms with E-state index in [0.29, 0.717) is 0 Å². The molecule has 0 saturated heterocycles. The molecule has 0 aliphatic heterocycles. The zero-order chi connectivity index (χ0) is 9.68. The van der Waals surface area contributed by atoms with Crippen LogP contribution in [0.1, 0.15) is 37.3 Å². The Morgan fingerprint density at radius 2 is 1.85 bits per heavy atom. The van der Waals surface area contributed by atoms with E-state index in [1.54, 1.807) is 0 Å². The molecule has 0 spiro atoms. The molecule has 0 aliphatic carbocycles. The van der Waals surface area contributed by atoms with E-state index in [2.05, 4.69) is 31.2 Å². The highest BCUT2D eigenvalue weighted by Gasteiger charge is 2.06. The second-order valence-electron chi connectivity index (χ2n) is 3.25. The smallest absolute Gasteiger partial charge is 0.127 e. The van der Waals surface area contributed by atoms with Crippen molar-refractivity contribution in [3.63, 3.8) is 0 Å². The highest BCUT2D eigenvalue weighted by molar-refractivity contribution is 5.61. The van der Waals surface area contributed by atoms with Crippen LogP contribution in [0.15, 0.2) is 24.3 Å². The molecule has 0 N–H and O–H groups in total. The van der Waals surface area contributed by atoms with Crippen molar-refractivity contribution in [2.75, 3.05) is 0 Å². The molecule has 1 unspecified atom stereocenters. The van der Waals surface area contributed by atoms with E-state index >= 15 is 0 Å². The lowest BCUT2D eigenvalue weighted by atomic mass is 9.97. The third-order valence-corrected chi connectivity index (χ3v) is 2.42. The van der Waals surface area contributed by atoms with Crippen LogP contribution in [0.4, 0.5) is 0 Å². The Labute approximate surface area is 79.8 Å². The summed E-state index contributed by atoms with van der Waals surface area (Å²) in [7, 11) is 0. The number of rotatable bonds is 4. The standard InChI is InChI=1S/C12H16O/c1-3-10-5-7-12(8-6-10)11(4-2)9-13/h5-9,11H,3-4H2,1-2H3. The lowest BCUT2D eigenvalue weighted by Crippen LogP contribution is -1.98. The summed E-state index contributed by atoms with van der Waals surface area (Å²) in [6.07, 6.45) is 2.97. The van der Waals surface area contributed by atoms with Gasteiger partial charge >= 0.3 is 0 Å². The normalized spacial score (nSPS) is 12.5. The summed E-state index contributed by atoms with van der Waals surface area (Å²) >= 11 is 0. The Balaban J connectivity index is 2.83. The summed E-state index contributed by atoms with van der Waals surface area (Å²) in [5.74, 6) is 0.0749. The minimum atomic E-state index is 0.0749. The predicted octanol–water partition coefficient (Wildman–Crippen LogP) is 2.94. The van der Waals surface area contributed by atoms with Crippen LogP contribution in [0, 0.1) is 0 Å². The number of carbonyl (C=O) groups excluding carboxylic acids is 1. The molecule has 0 heterocycles. The molecule has 0 bridgehead atoms. The van der Waals surface area contributed by atoms with Gasteiger partial charge in [-0.05, 0) is 24.0 Å². The van der Waals surface area contributed by atoms with Gasteiger partial charge in [-0.3, -0.25) is 0 Å². The van der Waals surface area contributed by atoms with Gasteiger partial charge in [0.25, 0.3) is 0 Å². The molecule has 0 fully saturated rings. The summed E-state index contributed by atoms with van der Waals surface area (Å²) in [4.78, 5) is 10.7. The quantitative estimate of drug-likeness (QED) is 0.645. The van der Waals surface area contributed by atoms with Gasteiger partial charge < -0.3 is 4.79 Å². The fourth-order valence-electron chi connectivity index (χ4n) is 1.41. The molecular formula is C12H16O. The number of hydrogen-bond donors (Lipinski definition) is 0. The van der Waals surface area contributed by atoms with Crippen molar-refractivity contribution in [1.82, 2.24) is 0 Å². The Morgan fingerprint density at radius 3 is 2.23 bits per heavy atom. The summed E-state index contributed by atoms with van der Waals surface area (Å²) in [5, 5.41) is 0. The maximum absolute atomic E-state index is 10.7. The average molecular weight is 176 g/mol. The predicted molar refractivity (Wildman–Crippen MR) is 54.9 cm³/mol. The SMILES string of the molecule is CCc1ccc(C(C=O)CC)cc1. The van der Waals surface area contributed by atoms with Crippen molar-refractivity contribution in [1.29, 1.82) is 0 Å². The molecule has 1 aromatic rings. The van der Waals surface area contributed by atoms with Crippen LogP contribution in [-0.4, -0.2) is 6.29 Å². The summed E-state index contributed by atoms with van der Waals surface area (Å²) < 4.78 is 0. The van der Waals surface area contributed by atoms with Crippen molar-refractivity contribution in [3.05, 3.63) is 35.4 Å². The Bertz CT molecular complexity index is 261. The monoisotopic (exact) mass is 176 g/mol. The second-order valence-corrected chi connectivity index (χ2v) is 3.25. The molecule has 70 valence electrons. The first-order chi connectivity index (χ1) is 6.31. The lowest BCUT2D eigenvalue weighted by molar-refractivity contribution is -0.109. The minimum Gasteiger partial charge on any atom is -0.303 e. The lowest BCUT2D eigenvalue weighted by Gasteiger charge is -2.07. The van der Waals surface area contributed by atoms with E-state index in [4.69, 9.17) is 0 Å². The summed E-state index contributed by atoms with van der Waals surface area (Å²) in [6, 6.07) is 8.31. The molecule has 1 nitrogen and oxygen atoms in total. The van der Waals surface area contributed by atoms with Crippen molar-refractivity contribution < 1.29 is 4.79 Å². The number of benzene rings is 1. The van der Waals surface area contributed by atoms with E-state index in [-0.39, 0.29) is 5.92 Å². The van der Waals surface area contributed by atoms with Gasteiger partial charge in [-0.15, -0.1) is 0 Å². The van der Waals surface area contributed by atoms with Gasteiger partial charge in [0, 0.05) is 5.92 Å². The average Bonchev–Trinajstić information content (AvgIpc) is 2.21. The van der Waals surface area contributed by atoms with E-state index in [0.717, 1.165) is 24.7 Å². The first-order valence-electron chi connectivity index (χ1n) is 4.86. The highest BCUT2D eigenvalue weighted by atomic mass is 16.1. The Hall–Kier alpha value is -1.11. The third-order valence-electron chi connectivity index (χ3n) is 2.42. The zero-order valence-electron chi connectivity index (χ0n) is 8.29. The van der Waals surface area contributed by atoms with Crippen LogP contribution < -0.4 is 0 Å². The number of hydrogen-bond acceptors (Lipinski definition) is 1. The molecule has 0 amide bonds. The molecule has 1 aromatic carbocycles. The van der Waals surface area contributed by atoms with Crippen LogP contribution >= 0.6 is 0 Å². The number of aryl methyl sites for hydroxylation is 1. The zero-order valence-corrected chi connectivity index (χ0v) is 8.29. The van der Waals surface area contributed by atoms with Crippen LogP contribution in [0.5, 0.6) is 0 Å². The minimum absolute atomic E-state index is 0.0749. The van der Waals surface area contributed by atoms with Gasteiger partial charge in [0.05, 0.1) is 0 Å². The van der Waals surface area contributed by atoms with Crippen LogP contribution in [-0.2, 0) is 11.2 Å². The van der Waals surface area contributed by atoms with Crippen LogP contribution in [0.25, 0.3) is 0 Å². The second kappa shape index (κ2) is 4.80. The maximum Gasteiger partial charge on any atom is 0.127 e. The molecule has 0 aromatic heterocycles. The molecule has 0 radical (unpaired) electrons. The molecule has 1 rings (SSSR count). The molecule has 1 heteroatoms. The fraction of sp³-hybridized carbons (Fsp3) is 0.417. The maximum atomic E-state index is 10.7. The van der Waals surface area contributed by atoms with Gasteiger partial charge in [0.1, 0.15) is 6.29 Å². The van der Waals surface area contributed by atoms with Crippen LogP contribution in [0.2, 0.25) is 0 Å². The molecular weight excluding hydrogens is 160 g/mol. The topological polar surface area (TPSA) is 17.1 Å². The largest absolute Gasteiger partial charge is 0.303 e. The molecule has 13 heavy (non-hydrogen) atoms. The van der Waals surface area contributed by atoms with Crippen molar-refractivity contribution >= 4 is 6.29 Å². The first kappa shape index (κ1) is 9.97. The van der Waals surface area contributed by atoms with Gasteiger partial charge in [-0.1, -0.05) is 38.1 Å².